The Kier molecular flexibility index (Phi) is 4.24. The van der Waals surface area contributed by atoms with Crippen molar-refractivity contribution in [2.24, 2.45) is 11.8 Å². The fraction of sp³-hybridized carbons (Fsp3) is 0.409. The van der Waals surface area contributed by atoms with E-state index >= 15 is 0 Å². The van der Waals surface area contributed by atoms with Crippen molar-refractivity contribution in [1.82, 2.24) is 19.5 Å². The monoisotopic (exact) mass is 422 g/mol. The van der Waals surface area contributed by atoms with Gasteiger partial charge in [0.15, 0.2) is 22.8 Å². The number of aliphatic hydroxyl groups excluding tert-OH is 1. The van der Waals surface area contributed by atoms with Gasteiger partial charge in [-0.05, 0) is 48.9 Å². The number of rotatable bonds is 3. The van der Waals surface area contributed by atoms with E-state index in [2.05, 4.69) is 10.1 Å². The third-order valence-electron chi connectivity index (χ3n) is 6.50. The second-order valence-electron chi connectivity index (χ2n) is 8.38. The quantitative estimate of drug-likeness (QED) is 0.687. The Labute approximate surface area is 178 Å². The Morgan fingerprint density at radius 1 is 1.13 bits per heavy atom. The first-order valence-electron chi connectivity index (χ1n) is 10.5. The Morgan fingerprint density at radius 2 is 1.97 bits per heavy atom. The van der Waals surface area contributed by atoms with Gasteiger partial charge in [0.05, 0.1) is 12.3 Å². The molecule has 1 saturated carbocycles. The Bertz CT molecular complexity index is 1150. The van der Waals surface area contributed by atoms with Crippen molar-refractivity contribution in [2.45, 2.75) is 25.0 Å². The van der Waals surface area contributed by atoms with E-state index in [1.807, 2.05) is 23.1 Å². The maximum Gasteiger partial charge on any atom is 0.274 e. The van der Waals surface area contributed by atoms with Crippen molar-refractivity contribution in [3.05, 3.63) is 48.4 Å². The molecule has 2 aliphatic heterocycles. The number of likely N-dealkylation sites (tertiary alicyclic amines) is 1. The molecule has 2 fully saturated rings. The predicted octanol–water partition coefficient (Wildman–Crippen LogP) is 1.75. The minimum absolute atomic E-state index is 0.0803. The van der Waals surface area contributed by atoms with Crippen LogP contribution in [0.15, 0.2) is 42.7 Å². The van der Waals surface area contributed by atoms with Gasteiger partial charge in [-0.3, -0.25) is 4.79 Å². The summed E-state index contributed by atoms with van der Waals surface area (Å²) in [6.45, 7) is 1.47. The number of aliphatic hydroxyl groups is 1. The highest BCUT2D eigenvalue weighted by molar-refractivity contribution is 5.93. The normalized spacial score (nSPS) is 26.8. The zero-order chi connectivity index (χ0) is 20.9. The summed E-state index contributed by atoms with van der Waals surface area (Å²) in [5, 5.41) is 15.0. The number of amides is 1. The molecule has 160 valence electrons. The average molecular weight is 422 g/mol. The Hall–Kier alpha value is -3.33. The second kappa shape index (κ2) is 7.12. The van der Waals surface area contributed by atoms with Crippen molar-refractivity contribution in [2.75, 3.05) is 19.9 Å². The molecule has 9 nitrogen and oxygen atoms in total. The van der Waals surface area contributed by atoms with Crippen LogP contribution in [0, 0.1) is 11.8 Å². The summed E-state index contributed by atoms with van der Waals surface area (Å²) in [6.07, 6.45) is 3.61. The van der Waals surface area contributed by atoms with Crippen LogP contribution in [-0.2, 0) is 0 Å². The maximum absolute atomic E-state index is 13.1. The number of carbonyl (C=O) groups is 1. The molecule has 0 radical (unpaired) electrons. The molecule has 1 amide bonds. The van der Waals surface area contributed by atoms with Gasteiger partial charge in [0, 0.05) is 25.4 Å². The van der Waals surface area contributed by atoms with Crippen molar-refractivity contribution in [3.8, 4) is 17.2 Å². The number of nitrogens with zero attached hydrogens (tertiary/aromatic N) is 4. The van der Waals surface area contributed by atoms with Crippen molar-refractivity contribution in [3.63, 3.8) is 0 Å². The molecule has 0 bridgehead atoms. The Morgan fingerprint density at radius 3 is 2.87 bits per heavy atom. The lowest BCUT2D eigenvalue weighted by Gasteiger charge is -2.35. The van der Waals surface area contributed by atoms with Crippen LogP contribution >= 0.6 is 0 Å². The standard InChI is InChI=1S/C22H22N4O5/c27-17-6-13-10-25(22(28)16-9-23-21-2-1-5-24-26(16)21)11-14(13)7-19(17)31-15-3-4-18-20(8-15)30-12-29-18/h1-5,8-9,13-14,17,19,27H,6-7,10-12H2/t13-,14+,17+,19+/m0/s1. The zero-order valence-corrected chi connectivity index (χ0v) is 16.8. The molecular formula is C22H22N4O5. The van der Waals surface area contributed by atoms with Crippen molar-refractivity contribution in [1.29, 1.82) is 0 Å². The SMILES string of the molecule is O=C(c1cnc2cccnn12)N1C[C@H]2C[C@@H](Oc3ccc4c(c3)OCO4)[C@H](O)C[C@H]2C1. The summed E-state index contributed by atoms with van der Waals surface area (Å²) in [6, 6.07) is 9.05. The minimum Gasteiger partial charge on any atom is -0.488 e. The predicted molar refractivity (Wildman–Crippen MR) is 108 cm³/mol. The number of ether oxygens (including phenoxy) is 3. The van der Waals surface area contributed by atoms with Crippen LogP contribution in [0.5, 0.6) is 17.2 Å². The van der Waals surface area contributed by atoms with Crippen LogP contribution in [0.3, 0.4) is 0 Å². The van der Waals surface area contributed by atoms with Crippen molar-refractivity contribution < 1.29 is 24.1 Å². The molecule has 1 aromatic carbocycles. The van der Waals surface area contributed by atoms with E-state index in [0.29, 0.717) is 54.5 Å². The van der Waals surface area contributed by atoms with E-state index in [-0.39, 0.29) is 30.6 Å². The van der Waals surface area contributed by atoms with Gasteiger partial charge >= 0.3 is 0 Å². The molecule has 3 aliphatic rings. The van der Waals surface area contributed by atoms with Gasteiger partial charge in [-0.1, -0.05) is 0 Å². The molecule has 9 heteroatoms. The van der Waals surface area contributed by atoms with Gasteiger partial charge in [-0.2, -0.15) is 5.10 Å². The largest absolute Gasteiger partial charge is 0.488 e. The summed E-state index contributed by atoms with van der Waals surface area (Å²) in [5.41, 5.74) is 1.11. The number of imidazole rings is 1. The fourth-order valence-electron chi connectivity index (χ4n) is 4.94. The summed E-state index contributed by atoms with van der Waals surface area (Å²) >= 11 is 0. The Balaban J connectivity index is 1.16. The highest BCUT2D eigenvalue weighted by Crippen LogP contribution is 2.40. The lowest BCUT2D eigenvalue weighted by Crippen LogP contribution is -2.42. The molecule has 1 saturated heterocycles. The lowest BCUT2D eigenvalue weighted by molar-refractivity contribution is -0.0232. The number of carbonyl (C=O) groups excluding carboxylic acids is 1. The van der Waals surface area contributed by atoms with E-state index < -0.39 is 6.10 Å². The molecular weight excluding hydrogens is 400 g/mol. The van der Waals surface area contributed by atoms with Crippen molar-refractivity contribution >= 4 is 11.6 Å². The fourth-order valence-corrected chi connectivity index (χ4v) is 4.94. The van der Waals surface area contributed by atoms with Crippen LogP contribution in [0.25, 0.3) is 5.65 Å². The molecule has 1 aliphatic carbocycles. The molecule has 31 heavy (non-hydrogen) atoms. The van der Waals surface area contributed by atoms with Crippen LogP contribution in [0.1, 0.15) is 23.3 Å². The molecule has 2 aromatic heterocycles. The number of hydrogen-bond donors (Lipinski definition) is 1. The van der Waals surface area contributed by atoms with E-state index in [9.17, 15) is 9.90 Å². The summed E-state index contributed by atoms with van der Waals surface area (Å²) in [7, 11) is 0. The number of aromatic nitrogens is 3. The molecule has 0 unspecified atom stereocenters. The molecule has 6 rings (SSSR count). The number of hydrogen-bond acceptors (Lipinski definition) is 7. The van der Waals surface area contributed by atoms with Gasteiger partial charge in [-0.25, -0.2) is 9.50 Å². The summed E-state index contributed by atoms with van der Waals surface area (Å²) in [4.78, 5) is 19.3. The van der Waals surface area contributed by atoms with Crippen LogP contribution < -0.4 is 14.2 Å². The zero-order valence-electron chi connectivity index (χ0n) is 16.8. The molecule has 1 N–H and O–H groups in total. The van der Waals surface area contributed by atoms with Gasteiger partial charge in [0.1, 0.15) is 11.9 Å². The topological polar surface area (TPSA) is 98.4 Å². The molecule has 4 atom stereocenters. The first-order chi connectivity index (χ1) is 15.2. The van der Waals surface area contributed by atoms with Crippen LogP contribution in [0.4, 0.5) is 0 Å². The van der Waals surface area contributed by atoms with Gasteiger partial charge in [-0.15, -0.1) is 0 Å². The van der Waals surface area contributed by atoms with E-state index in [0.717, 1.165) is 0 Å². The third-order valence-corrected chi connectivity index (χ3v) is 6.50. The average Bonchev–Trinajstić information content (AvgIpc) is 3.51. The van der Waals surface area contributed by atoms with Gasteiger partial charge < -0.3 is 24.2 Å². The second-order valence-corrected chi connectivity index (χ2v) is 8.38. The molecule has 0 spiro atoms. The molecule has 3 aromatic rings. The van der Waals surface area contributed by atoms with Crippen LogP contribution in [0.2, 0.25) is 0 Å². The van der Waals surface area contributed by atoms with Crippen LogP contribution in [-0.4, -0.2) is 62.6 Å². The van der Waals surface area contributed by atoms with E-state index in [4.69, 9.17) is 14.2 Å². The third kappa shape index (κ3) is 3.16. The highest BCUT2D eigenvalue weighted by atomic mass is 16.7. The van der Waals surface area contributed by atoms with E-state index in [1.54, 1.807) is 29.0 Å². The molecule has 4 heterocycles. The van der Waals surface area contributed by atoms with E-state index in [1.165, 1.54) is 0 Å². The summed E-state index contributed by atoms with van der Waals surface area (Å²) in [5.74, 6) is 2.45. The minimum atomic E-state index is -0.584. The van der Waals surface area contributed by atoms with Gasteiger partial charge in [0.2, 0.25) is 6.79 Å². The first kappa shape index (κ1) is 18.4. The lowest BCUT2D eigenvalue weighted by atomic mass is 9.78. The number of fused-ring (bicyclic) bond motifs is 3. The van der Waals surface area contributed by atoms with Gasteiger partial charge in [0.25, 0.3) is 5.91 Å². The smallest absolute Gasteiger partial charge is 0.274 e. The number of benzene rings is 1. The first-order valence-corrected chi connectivity index (χ1v) is 10.5. The maximum atomic E-state index is 13.1. The summed E-state index contributed by atoms with van der Waals surface area (Å²) < 4.78 is 18.4. The highest BCUT2D eigenvalue weighted by Gasteiger charge is 2.44.